The van der Waals surface area contributed by atoms with Gasteiger partial charge in [0.15, 0.2) is 5.78 Å². The minimum Gasteiger partial charge on any atom is -0.322 e. The van der Waals surface area contributed by atoms with Crippen LogP contribution in [0.1, 0.15) is 27.6 Å². The maximum absolute atomic E-state index is 12.3. The molecule has 0 saturated heterocycles. The molecule has 0 unspecified atom stereocenters. The van der Waals surface area contributed by atoms with Crippen molar-refractivity contribution < 1.29 is 18.0 Å². The Morgan fingerprint density at radius 1 is 1.04 bits per heavy atom. The summed E-state index contributed by atoms with van der Waals surface area (Å²) in [5, 5.41) is 2.83. The maximum Gasteiger partial charge on any atom is 0.255 e. The Hall–Kier alpha value is -2.38. The number of rotatable bonds is 5. The molecule has 6 nitrogen and oxygen atoms in total. The van der Waals surface area contributed by atoms with Crippen LogP contribution in [-0.4, -0.2) is 26.4 Å². The van der Waals surface area contributed by atoms with E-state index in [2.05, 4.69) is 10.0 Å². The zero-order chi connectivity index (χ0) is 17.9. The van der Waals surface area contributed by atoms with Crippen LogP contribution in [-0.2, 0) is 10.0 Å². The van der Waals surface area contributed by atoms with E-state index in [0.717, 1.165) is 6.26 Å². The third-order valence-electron chi connectivity index (χ3n) is 3.05. The molecular formula is C16H15ClN2O4S. The predicted octanol–water partition coefficient (Wildman–Crippen LogP) is 3.17. The summed E-state index contributed by atoms with van der Waals surface area (Å²) in [4.78, 5) is 23.7. The third kappa shape index (κ3) is 4.81. The van der Waals surface area contributed by atoms with E-state index in [4.69, 9.17) is 11.6 Å². The quantitative estimate of drug-likeness (QED) is 0.795. The second-order valence-corrected chi connectivity index (χ2v) is 7.32. The van der Waals surface area contributed by atoms with Crippen molar-refractivity contribution in [2.45, 2.75) is 6.92 Å². The Kier molecular flexibility index (Phi) is 5.26. The van der Waals surface area contributed by atoms with E-state index >= 15 is 0 Å². The number of carbonyl (C=O) groups is 2. The lowest BCUT2D eigenvalue weighted by Gasteiger charge is -2.10. The van der Waals surface area contributed by atoms with Crippen molar-refractivity contribution in [2.24, 2.45) is 0 Å². The number of nitrogens with one attached hydrogen (secondary N) is 2. The lowest BCUT2D eigenvalue weighted by molar-refractivity contribution is 0.101. The Morgan fingerprint density at radius 2 is 1.75 bits per heavy atom. The number of amides is 1. The zero-order valence-corrected chi connectivity index (χ0v) is 14.5. The molecule has 0 aromatic heterocycles. The van der Waals surface area contributed by atoms with E-state index in [1.165, 1.54) is 25.1 Å². The number of halogens is 1. The number of benzene rings is 2. The predicted molar refractivity (Wildman–Crippen MR) is 94.3 cm³/mol. The van der Waals surface area contributed by atoms with E-state index in [-0.39, 0.29) is 22.1 Å². The minimum atomic E-state index is -3.52. The molecule has 2 rings (SSSR count). The van der Waals surface area contributed by atoms with Gasteiger partial charge < -0.3 is 5.32 Å². The molecule has 126 valence electrons. The van der Waals surface area contributed by atoms with Crippen LogP contribution in [0.5, 0.6) is 0 Å². The first kappa shape index (κ1) is 18.0. The van der Waals surface area contributed by atoms with Crippen molar-refractivity contribution in [1.82, 2.24) is 0 Å². The molecule has 0 fully saturated rings. The van der Waals surface area contributed by atoms with Crippen LogP contribution >= 0.6 is 11.6 Å². The Bertz CT molecular complexity index is 910. The molecule has 0 heterocycles. The molecule has 0 atom stereocenters. The molecule has 1 amide bonds. The van der Waals surface area contributed by atoms with Gasteiger partial charge in [0.1, 0.15) is 0 Å². The van der Waals surface area contributed by atoms with Gasteiger partial charge in [-0.25, -0.2) is 8.42 Å². The van der Waals surface area contributed by atoms with Crippen LogP contribution in [0.2, 0.25) is 5.02 Å². The van der Waals surface area contributed by atoms with Crippen LogP contribution in [0, 0.1) is 0 Å². The zero-order valence-electron chi connectivity index (χ0n) is 13.0. The van der Waals surface area contributed by atoms with E-state index in [1.54, 1.807) is 24.3 Å². The van der Waals surface area contributed by atoms with Gasteiger partial charge in [0.05, 0.1) is 17.0 Å². The van der Waals surface area contributed by atoms with Gasteiger partial charge in [-0.15, -0.1) is 0 Å². The highest BCUT2D eigenvalue weighted by Gasteiger charge is 2.12. The molecule has 0 saturated carbocycles. The van der Waals surface area contributed by atoms with Gasteiger partial charge in [-0.3, -0.25) is 14.3 Å². The number of hydrogen-bond donors (Lipinski definition) is 2. The van der Waals surface area contributed by atoms with Crippen molar-refractivity contribution in [3.63, 3.8) is 0 Å². The van der Waals surface area contributed by atoms with Crippen molar-refractivity contribution in [3.8, 4) is 0 Å². The molecule has 0 aliphatic rings. The number of hydrogen-bond acceptors (Lipinski definition) is 4. The van der Waals surface area contributed by atoms with Gasteiger partial charge >= 0.3 is 0 Å². The molecule has 0 spiro atoms. The van der Waals surface area contributed by atoms with Gasteiger partial charge in [-0.1, -0.05) is 23.7 Å². The number of sulfonamides is 1. The number of ketones is 1. The molecule has 2 N–H and O–H groups in total. The topological polar surface area (TPSA) is 92.3 Å². The maximum atomic E-state index is 12.3. The monoisotopic (exact) mass is 366 g/mol. The number of carbonyl (C=O) groups excluding carboxylic acids is 2. The van der Waals surface area contributed by atoms with Crippen LogP contribution in [0.25, 0.3) is 0 Å². The smallest absolute Gasteiger partial charge is 0.255 e. The highest BCUT2D eigenvalue weighted by atomic mass is 35.5. The highest BCUT2D eigenvalue weighted by Crippen LogP contribution is 2.24. The SMILES string of the molecule is CC(=O)c1cccc(NC(=O)c2ccc(Cl)c(NS(C)(=O)=O)c2)c1. The van der Waals surface area contributed by atoms with E-state index in [0.29, 0.717) is 11.3 Å². The molecular weight excluding hydrogens is 352 g/mol. The van der Waals surface area contributed by atoms with E-state index in [9.17, 15) is 18.0 Å². The molecule has 0 radical (unpaired) electrons. The largest absolute Gasteiger partial charge is 0.322 e. The first-order valence-corrected chi connectivity index (χ1v) is 9.12. The van der Waals surface area contributed by atoms with Crippen LogP contribution in [0.15, 0.2) is 42.5 Å². The van der Waals surface area contributed by atoms with Gasteiger partial charge in [-0.05, 0) is 37.3 Å². The minimum absolute atomic E-state index is 0.114. The molecule has 2 aromatic rings. The van der Waals surface area contributed by atoms with Crippen molar-refractivity contribution >= 4 is 44.7 Å². The van der Waals surface area contributed by atoms with Gasteiger partial charge in [-0.2, -0.15) is 0 Å². The molecule has 8 heteroatoms. The summed E-state index contributed by atoms with van der Waals surface area (Å²) >= 11 is 5.93. The molecule has 0 aliphatic heterocycles. The third-order valence-corrected chi connectivity index (χ3v) is 3.97. The van der Waals surface area contributed by atoms with Crippen LogP contribution in [0.3, 0.4) is 0 Å². The first-order valence-electron chi connectivity index (χ1n) is 6.85. The van der Waals surface area contributed by atoms with Crippen molar-refractivity contribution in [2.75, 3.05) is 16.3 Å². The van der Waals surface area contributed by atoms with Crippen molar-refractivity contribution in [3.05, 3.63) is 58.6 Å². The Labute approximate surface area is 144 Å². The summed E-state index contributed by atoms with van der Waals surface area (Å²) in [6.07, 6.45) is 0.989. The number of Topliss-reactive ketones (excluding diaryl/α,β-unsaturated/α-hetero) is 1. The Morgan fingerprint density at radius 3 is 2.38 bits per heavy atom. The lowest BCUT2D eigenvalue weighted by atomic mass is 10.1. The molecule has 2 aromatic carbocycles. The molecule has 0 bridgehead atoms. The second-order valence-electron chi connectivity index (χ2n) is 5.16. The van der Waals surface area contributed by atoms with Gasteiger partial charge in [0.2, 0.25) is 10.0 Å². The summed E-state index contributed by atoms with van der Waals surface area (Å²) in [5.74, 6) is -0.568. The fraction of sp³-hybridized carbons (Fsp3) is 0.125. The first-order chi connectivity index (χ1) is 11.2. The standard InChI is InChI=1S/C16H15ClN2O4S/c1-10(20)11-4-3-5-13(8-11)18-16(21)12-6-7-14(17)15(9-12)19-24(2,22)23/h3-9,19H,1-2H3,(H,18,21). The van der Waals surface area contributed by atoms with Crippen LogP contribution in [0.4, 0.5) is 11.4 Å². The fourth-order valence-corrected chi connectivity index (χ4v) is 2.75. The number of anilines is 2. The normalized spacial score (nSPS) is 11.0. The van der Waals surface area contributed by atoms with Gasteiger partial charge in [0.25, 0.3) is 5.91 Å². The summed E-state index contributed by atoms with van der Waals surface area (Å²) < 4.78 is 24.9. The second kappa shape index (κ2) is 7.02. The Balaban J connectivity index is 2.25. The van der Waals surface area contributed by atoms with Gasteiger partial charge in [0, 0.05) is 16.8 Å². The summed E-state index contributed by atoms with van der Waals surface area (Å²) in [6, 6.07) is 10.8. The van der Waals surface area contributed by atoms with E-state index in [1.807, 2.05) is 0 Å². The average molecular weight is 367 g/mol. The average Bonchev–Trinajstić information content (AvgIpc) is 2.48. The fourth-order valence-electron chi connectivity index (χ4n) is 1.96. The van der Waals surface area contributed by atoms with Crippen molar-refractivity contribution in [1.29, 1.82) is 0 Å². The summed E-state index contributed by atoms with van der Waals surface area (Å²) in [7, 11) is -3.52. The van der Waals surface area contributed by atoms with E-state index < -0.39 is 15.9 Å². The molecule has 24 heavy (non-hydrogen) atoms. The lowest BCUT2D eigenvalue weighted by Crippen LogP contribution is -2.14. The highest BCUT2D eigenvalue weighted by molar-refractivity contribution is 7.92. The summed E-state index contributed by atoms with van der Waals surface area (Å²) in [6.45, 7) is 1.43. The van der Waals surface area contributed by atoms with Crippen LogP contribution < -0.4 is 10.0 Å². The molecule has 0 aliphatic carbocycles. The summed E-state index contributed by atoms with van der Waals surface area (Å²) in [5.41, 5.74) is 1.27.